The van der Waals surface area contributed by atoms with E-state index in [-0.39, 0.29) is 25.3 Å². The second-order valence-electron chi connectivity index (χ2n) is 4.85. The number of carbonyl (C=O) groups excluding carboxylic acids is 3. The molecule has 0 aliphatic carbocycles. The number of fused-ring (bicyclic) bond motifs is 1. The van der Waals surface area contributed by atoms with Crippen LogP contribution in [0.1, 0.15) is 25.3 Å². The van der Waals surface area contributed by atoms with Gasteiger partial charge in [-0.25, -0.2) is 4.39 Å². The van der Waals surface area contributed by atoms with E-state index in [0.29, 0.717) is 16.3 Å². The zero-order valence-electron chi connectivity index (χ0n) is 11.1. The summed E-state index contributed by atoms with van der Waals surface area (Å²) in [7, 11) is 0. The number of hydroxylamine groups is 2. The van der Waals surface area contributed by atoms with Gasteiger partial charge in [-0.15, -0.1) is 11.3 Å². The smallest absolute Gasteiger partial charge is 0.282 e. The first-order valence-electron chi connectivity index (χ1n) is 6.27. The number of carbonyl (C=O) groups is 3. The van der Waals surface area contributed by atoms with Crippen LogP contribution >= 0.6 is 11.3 Å². The molecular formula is C12H12FN3O4S. The molecule has 1 aromatic heterocycles. The first-order chi connectivity index (χ1) is 9.90. The Balaban J connectivity index is 1.81. The molecule has 21 heavy (non-hydrogen) atoms. The van der Waals surface area contributed by atoms with Crippen molar-refractivity contribution in [3.63, 3.8) is 0 Å². The molecule has 2 aliphatic heterocycles. The number of imide groups is 1. The van der Waals surface area contributed by atoms with Crippen molar-refractivity contribution >= 4 is 34.1 Å². The molecule has 112 valence electrons. The summed E-state index contributed by atoms with van der Waals surface area (Å²) in [6, 6.07) is 0. The summed E-state index contributed by atoms with van der Waals surface area (Å²) in [4.78, 5) is 39.3. The van der Waals surface area contributed by atoms with Crippen LogP contribution in [-0.2, 0) is 20.9 Å². The van der Waals surface area contributed by atoms with Gasteiger partial charge in [0.25, 0.3) is 11.7 Å². The zero-order chi connectivity index (χ0) is 15.2. The van der Waals surface area contributed by atoms with Gasteiger partial charge < -0.3 is 10.2 Å². The van der Waals surface area contributed by atoms with Crippen LogP contribution in [0.25, 0.3) is 0 Å². The maximum atomic E-state index is 14.8. The highest BCUT2D eigenvalue weighted by Gasteiger charge is 2.52. The minimum absolute atomic E-state index is 0.0204. The van der Waals surface area contributed by atoms with Crippen molar-refractivity contribution in [1.29, 1.82) is 0 Å². The third-order valence-electron chi connectivity index (χ3n) is 3.33. The molecule has 1 atom stereocenters. The molecule has 1 fully saturated rings. The van der Waals surface area contributed by atoms with Crippen LogP contribution in [-0.4, -0.2) is 28.6 Å². The van der Waals surface area contributed by atoms with E-state index in [9.17, 15) is 18.8 Å². The highest BCUT2D eigenvalue weighted by Crippen LogP contribution is 2.43. The number of nitrogens with zero attached hydrogens (tertiary/aromatic N) is 1. The number of hydrogen-bond donors (Lipinski definition) is 2. The van der Waals surface area contributed by atoms with Crippen molar-refractivity contribution in [3.05, 3.63) is 10.9 Å². The molecule has 1 aromatic rings. The quantitative estimate of drug-likeness (QED) is 0.626. The summed E-state index contributed by atoms with van der Waals surface area (Å²) in [5, 5.41) is 7.72. The Morgan fingerprint density at radius 1 is 1.57 bits per heavy atom. The Kier molecular flexibility index (Phi) is 3.18. The number of alkyl halides is 1. The van der Waals surface area contributed by atoms with Gasteiger partial charge in [-0.3, -0.25) is 19.7 Å². The van der Waals surface area contributed by atoms with Crippen molar-refractivity contribution in [2.24, 2.45) is 0 Å². The molecule has 0 radical (unpaired) electrons. The van der Waals surface area contributed by atoms with Crippen LogP contribution in [0.3, 0.4) is 0 Å². The molecule has 0 saturated carbocycles. The van der Waals surface area contributed by atoms with Gasteiger partial charge in [-0.2, -0.15) is 0 Å². The van der Waals surface area contributed by atoms with Gasteiger partial charge in [0.2, 0.25) is 11.8 Å². The molecule has 2 aliphatic rings. The lowest BCUT2D eigenvalue weighted by atomic mass is 10.0. The van der Waals surface area contributed by atoms with Crippen molar-refractivity contribution in [3.8, 4) is 5.75 Å². The fourth-order valence-corrected chi connectivity index (χ4v) is 3.19. The summed E-state index contributed by atoms with van der Waals surface area (Å²) >= 11 is 1.27. The highest BCUT2D eigenvalue weighted by molar-refractivity contribution is 7.14. The largest absolute Gasteiger partial charge is 0.401 e. The Morgan fingerprint density at radius 3 is 3.00 bits per heavy atom. The zero-order valence-corrected chi connectivity index (χ0v) is 11.9. The van der Waals surface area contributed by atoms with Crippen molar-refractivity contribution in [2.45, 2.75) is 32.1 Å². The molecule has 3 rings (SSSR count). The lowest BCUT2D eigenvalue weighted by Crippen LogP contribution is -2.60. The minimum Gasteiger partial charge on any atom is -0.401 e. The Labute approximate surface area is 123 Å². The predicted octanol–water partition coefficient (Wildman–Crippen LogP) is 0.918. The lowest BCUT2D eigenvalue weighted by Gasteiger charge is -2.33. The van der Waals surface area contributed by atoms with Gasteiger partial charge in [0.15, 0.2) is 5.75 Å². The maximum absolute atomic E-state index is 14.8. The molecule has 2 N–H and O–H groups in total. The van der Waals surface area contributed by atoms with E-state index in [0.717, 1.165) is 5.06 Å². The topological polar surface area (TPSA) is 87.7 Å². The molecular weight excluding hydrogens is 301 g/mol. The molecule has 7 nitrogen and oxygen atoms in total. The number of amides is 3. The van der Waals surface area contributed by atoms with E-state index in [1.807, 2.05) is 5.32 Å². The molecule has 3 amide bonds. The van der Waals surface area contributed by atoms with Gasteiger partial charge in [0.05, 0.1) is 6.54 Å². The minimum atomic E-state index is -2.39. The summed E-state index contributed by atoms with van der Waals surface area (Å²) in [5.41, 5.74) is 0.622. The Morgan fingerprint density at radius 2 is 2.33 bits per heavy atom. The number of hydrogen-bond acceptors (Lipinski definition) is 6. The monoisotopic (exact) mass is 313 g/mol. The van der Waals surface area contributed by atoms with Crippen LogP contribution in [0.2, 0.25) is 0 Å². The van der Waals surface area contributed by atoms with E-state index in [2.05, 4.69) is 5.32 Å². The van der Waals surface area contributed by atoms with E-state index in [4.69, 9.17) is 4.84 Å². The molecule has 0 spiro atoms. The van der Waals surface area contributed by atoms with Crippen LogP contribution in [0.4, 0.5) is 9.39 Å². The third-order valence-corrected chi connectivity index (χ3v) is 4.25. The summed E-state index contributed by atoms with van der Waals surface area (Å²) in [5.74, 6) is -3.74. The second kappa shape index (κ2) is 4.78. The standard InChI is InChI=1S/C12H12FN3O4S/c1-6(17)14-10-7-4-16(20-8(7)5-21-10)12(13)3-2-9(18)15-11(12)19/h5H,2-4H2,1H3,(H,14,17)(H,15,18,19)/t12-/m0/s1. The van der Waals surface area contributed by atoms with Crippen molar-refractivity contribution in [2.75, 3.05) is 5.32 Å². The normalized spacial score (nSPS) is 25.2. The molecule has 9 heteroatoms. The number of nitrogens with one attached hydrogen (secondary N) is 2. The number of halogens is 1. The highest BCUT2D eigenvalue weighted by atomic mass is 32.1. The number of thiophene rings is 1. The van der Waals surface area contributed by atoms with E-state index in [1.165, 1.54) is 18.3 Å². The molecule has 0 bridgehead atoms. The van der Waals surface area contributed by atoms with E-state index >= 15 is 0 Å². The molecule has 3 heterocycles. The van der Waals surface area contributed by atoms with Gasteiger partial charge >= 0.3 is 0 Å². The van der Waals surface area contributed by atoms with E-state index < -0.39 is 17.6 Å². The van der Waals surface area contributed by atoms with Gasteiger partial charge in [-0.05, 0) is 0 Å². The first-order valence-corrected chi connectivity index (χ1v) is 7.15. The molecule has 0 aromatic carbocycles. The van der Waals surface area contributed by atoms with Gasteiger partial charge in [0.1, 0.15) is 5.00 Å². The van der Waals surface area contributed by atoms with Crippen molar-refractivity contribution < 1.29 is 23.6 Å². The Hall–Kier alpha value is -2.00. The van der Waals surface area contributed by atoms with Gasteiger partial charge in [-0.1, -0.05) is 5.06 Å². The van der Waals surface area contributed by atoms with Crippen LogP contribution < -0.4 is 15.5 Å². The summed E-state index contributed by atoms with van der Waals surface area (Å²) in [6.45, 7) is 1.39. The summed E-state index contributed by atoms with van der Waals surface area (Å²) < 4.78 is 14.8. The SMILES string of the molecule is CC(=O)Nc1scc2c1CN([C@@]1(F)CCC(=O)NC1=O)O2. The third kappa shape index (κ3) is 2.28. The first kappa shape index (κ1) is 14.0. The molecule has 1 saturated heterocycles. The number of rotatable bonds is 2. The van der Waals surface area contributed by atoms with Crippen LogP contribution in [0, 0.1) is 0 Å². The van der Waals surface area contributed by atoms with Crippen molar-refractivity contribution in [1.82, 2.24) is 10.4 Å². The second-order valence-corrected chi connectivity index (χ2v) is 5.73. The summed E-state index contributed by atoms with van der Waals surface area (Å²) in [6.07, 6.45) is -0.353. The van der Waals surface area contributed by atoms with E-state index in [1.54, 1.807) is 5.38 Å². The fourth-order valence-electron chi connectivity index (χ4n) is 2.27. The average Bonchev–Trinajstić information content (AvgIpc) is 2.96. The lowest BCUT2D eigenvalue weighted by molar-refractivity contribution is -0.208. The predicted molar refractivity (Wildman–Crippen MR) is 71.0 cm³/mol. The fraction of sp³-hybridized carbons (Fsp3) is 0.417. The Bertz CT molecular complexity index is 646. The van der Waals surface area contributed by atoms with Gasteiger partial charge in [0, 0.05) is 30.7 Å². The van der Waals surface area contributed by atoms with Crippen LogP contribution in [0.15, 0.2) is 5.38 Å². The maximum Gasteiger partial charge on any atom is 0.282 e. The number of anilines is 1. The molecule has 0 unspecified atom stereocenters. The number of piperidine rings is 1. The van der Waals surface area contributed by atoms with Crippen LogP contribution in [0.5, 0.6) is 5.75 Å². The average molecular weight is 313 g/mol.